The number of hydrogen-bond acceptors (Lipinski definition) is 5. The molecule has 1 N–H and O–H groups in total. The predicted molar refractivity (Wildman–Crippen MR) is 91.9 cm³/mol. The number of carbonyl (C=O) groups excluding carboxylic acids is 1. The molecule has 138 valence electrons. The van der Waals surface area contributed by atoms with E-state index in [0.717, 1.165) is 64.6 Å². The molecule has 0 aromatic rings. The first-order valence-corrected chi connectivity index (χ1v) is 8.75. The van der Waals surface area contributed by atoms with Gasteiger partial charge in [-0.05, 0) is 46.6 Å². The van der Waals surface area contributed by atoms with E-state index in [-0.39, 0.29) is 5.57 Å². The van der Waals surface area contributed by atoms with Gasteiger partial charge in [0.05, 0.1) is 13.2 Å². The van der Waals surface area contributed by atoms with E-state index < -0.39 is 17.5 Å². The monoisotopic (exact) mass is 341 g/mol. The van der Waals surface area contributed by atoms with Crippen LogP contribution < -0.4 is 0 Å². The number of hydrogen-bond donors (Lipinski definition) is 1. The number of esters is 1. The van der Waals surface area contributed by atoms with Gasteiger partial charge >= 0.3 is 11.9 Å². The molecule has 1 aliphatic rings. The first-order chi connectivity index (χ1) is 11.3. The van der Waals surface area contributed by atoms with Crippen LogP contribution in [-0.4, -0.2) is 60.4 Å². The van der Waals surface area contributed by atoms with Gasteiger partial charge in [-0.2, -0.15) is 0 Å². The molecular formula is C18H31NO5. The molecule has 0 unspecified atom stereocenters. The minimum Gasteiger partial charge on any atom is -0.478 e. The van der Waals surface area contributed by atoms with Crippen LogP contribution in [0.5, 0.6) is 0 Å². The average Bonchev–Trinajstić information content (AvgIpc) is 2.48. The SMILES string of the molecule is CC(C)(C)OC(=O)/C(=C/C(=O)O)CCCCCCN1CCOCC1. The molecule has 0 aliphatic carbocycles. The van der Waals surface area contributed by atoms with Crippen molar-refractivity contribution >= 4 is 11.9 Å². The van der Waals surface area contributed by atoms with Gasteiger partial charge in [0.2, 0.25) is 0 Å². The summed E-state index contributed by atoms with van der Waals surface area (Å²) >= 11 is 0. The lowest BCUT2D eigenvalue weighted by atomic mass is 10.1. The van der Waals surface area contributed by atoms with Gasteiger partial charge in [-0.15, -0.1) is 0 Å². The first-order valence-electron chi connectivity index (χ1n) is 8.75. The largest absolute Gasteiger partial charge is 0.478 e. The Morgan fingerprint density at radius 3 is 2.33 bits per heavy atom. The Kier molecular flexibility index (Phi) is 9.00. The highest BCUT2D eigenvalue weighted by molar-refractivity contribution is 5.95. The van der Waals surface area contributed by atoms with Crippen LogP contribution in [0.4, 0.5) is 0 Å². The first kappa shape index (κ1) is 20.6. The molecule has 0 aromatic carbocycles. The van der Waals surface area contributed by atoms with Crippen LogP contribution in [0.2, 0.25) is 0 Å². The van der Waals surface area contributed by atoms with Crippen LogP contribution in [-0.2, 0) is 19.1 Å². The molecule has 1 heterocycles. The Morgan fingerprint density at radius 2 is 1.75 bits per heavy atom. The molecule has 0 atom stereocenters. The number of unbranched alkanes of at least 4 members (excludes halogenated alkanes) is 3. The number of ether oxygens (including phenoxy) is 2. The fraction of sp³-hybridized carbons (Fsp3) is 0.778. The van der Waals surface area contributed by atoms with Crippen LogP contribution in [0.25, 0.3) is 0 Å². The third-order valence-electron chi connectivity index (χ3n) is 3.73. The van der Waals surface area contributed by atoms with Gasteiger partial charge in [-0.1, -0.05) is 12.8 Å². The lowest BCUT2D eigenvalue weighted by Crippen LogP contribution is -2.36. The molecule has 6 nitrogen and oxygen atoms in total. The van der Waals surface area contributed by atoms with E-state index in [1.807, 2.05) is 0 Å². The number of morpholine rings is 1. The molecular weight excluding hydrogens is 310 g/mol. The summed E-state index contributed by atoms with van der Waals surface area (Å²) in [6.45, 7) is 10.0. The van der Waals surface area contributed by atoms with Gasteiger partial charge in [-0.3, -0.25) is 4.90 Å². The van der Waals surface area contributed by atoms with Gasteiger partial charge in [0.15, 0.2) is 0 Å². The van der Waals surface area contributed by atoms with Crippen molar-refractivity contribution in [3.63, 3.8) is 0 Å². The van der Waals surface area contributed by atoms with Crippen molar-refractivity contribution in [2.45, 2.75) is 58.5 Å². The molecule has 0 bridgehead atoms. The fourth-order valence-electron chi connectivity index (χ4n) is 2.56. The van der Waals surface area contributed by atoms with Crippen molar-refractivity contribution in [2.75, 3.05) is 32.8 Å². The molecule has 1 fully saturated rings. The van der Waals surface area contributed by atoms with Crippen molar-refractivity contribution in [1.29, 1.82) is 0 Å². The maximum atomic E-state index is 12.0. The molecule has 6 heteroatoms. The summed E-state index contributed by atoms with van der Waals surface area (Å²) in [5.41, 5.74) is -0.377. The second-order valence-electron chi connectivity index (χ2n) is 7.13. The topological polar surface area (TPSA) is 76.1 Å². The van der Waals surface area contributed by atoms with Crippen molar-refractivity contribution in [2.24, 2.45) is 0 Å². The number of carboxylic acid groups (broad SMARTS) is 1. The summed E-state index contributed by atoms with van der Waals surface area (Å²) in [5, 5.41) is 8.92. The van der Waals surface area contributed by atoms with E-state index in [9.17, 15) is 9.59 Å². The molecule has 24 heavy (non-hydrogen) atoms. The zero-order valence-electron chi connectivity index (χ0n) is 15.2. The van der Waals surface area contributed by atoms with E-state index in [1.165, 1.54) is 0 Å². The standard InChI is InChI=1S/C18H31NO5/c1-18(2,3)24-17(22)15(14-16(20)21)8-6-4-5-7-9-19-10-12-23-13-11-19/h14H,4-13H2,1-3H3,(H,20,21)/b15-14+. The summed E-state index contributed by atoms with van der Waals surface area (Å²) < 4.78 is 10.6. The summed E-state index contributed by atoms with van der Waals surface area (Å²) in [4.78, 5) is 25.3. The molecule has 0 radical (unpaired) electrons. The Hall–Kier alpha value is -1.40. The van der Waals surface area contributed by atoms with Crippen molar-refractivity contribution in [3.05, 3.63) is 11.6 Å². The molecule has 0 saturated carbocycles. The Bertz CT molecular complexity index is 433. The molecule has 1 saturated heterocycles. The van der Waals surface area contributed by atoms with Crippen LogP contribution in [0.3, 0.4) is 0 Å². The third kappa shape index (κ3) is 9.67. The van der Waals surface area contributed by atoms with Gasteiger partial charge in [0, 0.05) is 24.7 Å². The smallest absolute Gasteiger partial charge is 0.334 e. The number of rotatable bonds is 9. The van der Waals surface area contributed by atoms with E-state index in [2.05, 4.69) is 4.90 Å². The number of nitrogens with zero attached hydrogens (tertiary/aromatic N) is 1. The minimum atomic E-state index is -1.11. The number of carboxylic acids is 1. The maximum Gasteiger partial charge on any atom is 0.334 e. The van der Waals surface area contributed by atoms with Gasteiger partial charge in [0.1, 0.15) is 5.60 Å². The van der Waals surface area contributed by atoms with Gasteiger partial charge < -0.3 is 14.6 Å². The van der Waals surface area contributed by atoms with Crippen molar-refractivity contribution in [1.82, 2.24) is 4.90 Å². The van der Waals surface area contributed by atoms with E-state index in [0.29, 0.717) is 6.42 Å². The quantitative estimate of drug-likeness (QED) is 0.395. The second-order valence-corrected chi connectivity index (χ2v) is 7.13. The van der Waals surface area contributed by atoms with Crippen LogP contribution in [0.15, 0.2) is 11.6 Å². The highest BCUT2D eigenvalue weighted by atomic mass is 16.6. The highest BCUT2D eigenvalue weighted by Gasteiger charge is 2.20. The fourth-order valence-corrected chi connectivity index (χ4v) is 2.56. The molecule has 0 spiro atoms. The second kappa shape index (κ2) is 10.5. The lowest BCUT2D eigenvalue weighted by Gasteiger charge is -2.26. The molecule has 0 aromatic heterocycles. The Labute approximate surface area is 144 Å². The van der Waals surface area contributed by atoms with Crippen LogP contribution in [0.1, 0.15) is 52.9 Å². The van der Waals surface area contributed by atoms with Gasteiger partial charge in [0.25, 0.3) is 0 Å². The van der Waals surface area contributed by atoms with Crippen LogP contribution >= 0.6 is 0 Å². The summed E-state index contributed by atoms with van der Waals surface area (Å²) in [5.74, 6) is -1.64. The molecule has 0 amide bonds. The average molecular weight is 341 g/mol. The minimum absolute atomic E-state index is 0.241. The normalized spacial score (nSPS) is 16.9. The lowest BCUT2D eigenvalue weighted by molar-refractivity contribution is -0.150. The zero-order chi connectivity index (χ0) is 18.0. The predicted octanol–water partition coefficient (Wildman–Crippen LogP) is 2.62. The molecule has 1 rings (SSSR count). The van der Waals surface area contributed by atoms with E-state index in [1.54, 1.807) is 20.8 Å². The van der Waals surface area contributed by atoms with Crippen molar-refractivity contribution < 1.29 is 24.2 Å². The Morgan fingerprint density at radius 1 is 1.12 bits per heavy atom. The van der Waals surface area contributed by atoms with Crippen molar-refractivity contribution in [3.8, 4) is 0 Å². The summed E-state index contributed by atoms with van der Waals surface area (Å²) in [6, 6.07) is 0. The van der Waals surface area contributed by atoms with Crippen LogP contribution in [0, 0.1) is 0 Å². The van der Waals surface area contributed by atoms with E-state index in [4.69, 9.17) is 14.6 Å². The number of aliphatic carboxylic acids is 1. The highest BCUT2D eigenvalue weighted by Crippen LogP contribution is 2.16. The maximum absolute atomic E-state index is 12.0. The summed E-state index contributed by atoms with van der Waals surface area (Å²) in [6.07, 6.45) is 5.38. The molecule has 1 aliphatic heterocycles. The summed E-state index contributed by atoms with van der Waals surface area (Å²) in [7, 11) is 0. The van der Waals surface area contributed by atoms with E-state index >= 15 is 0 Å². The Balaban J connectivity index is 2.27. The third-order valence-corrected chi connectivity index (χ3v) is 3.73. The number of carbonyl (C=O) groups is 2. The van der Waals surface area contributed by atoms with Gasteiger partial charge in [-0.25, -0.2) is 9.59 Å². The zero-order valence-corrected chi connectivity index (χ0v) is 15.2.